The monoisotopic (exact) mass is 1210 g/mol. The number of carbonyl (C=O) groups excluding carboxylic acids is 10. The number of hydrogen-bond donors (Lipinski definition) is 4. The van der Waals surface area contributed by atoms with Crippen molar-refractivity contribution in [1.29, 1.82) is 0 Å². The molecule has 4 N–H and O–H groups in total. The van der Waals surface area contributed by atoms with Crippen LogP contribution in [0.2, 0.25) is 0 Å². The van der Waals surface area contributed by atoms with Crippen LogP contribution in [0.15, 0.2) is 63.3 Å². The number of nitrogens with one attached hydrogen (secondary N) is 4. The highest BCUT2D eigenvalue weighted by atomic mass is 16.7. The molecule has 2 aliphatic rings. The molecule has 0 aromatic rings. The lowest BCUT2D eigenvalue weighted by molar-refractivity contribution is -0.167. The smallest absolute Gasteiger partial charge is 0.462 e. The van der Waals surface area contributed by atoms with E-state index in [-0.39, 0.29) is 44.3 Å². The maximum absolute atomic E-state index is 13.8. The van der Waals surface area contributed by atoms with Crippen LogP contribution < -0.4 is 21.3 Å². The van der Waals surface area contributed by atoms with Crippen LogP contribution in [-0.4, -0.2) is 170 Å². The Labute approximate surface area is 498 Å². The molecular weight excluding hydrogens is 1120 g/mol. The van der Waals surface area contributed by atoms with E-state index in [1.54, 1.807) is 6.92 Å². The Morgan fingerprint density at radius 1 is 0.400 bits per heavy atom. The third-order valence-electron chi connectivity index (χ3n) is 13.6. The van der Waals surface area contributed by atoms with Crippen LogP contribution in [0, 0.1) is 21.7 Å². The van der Waals surface area contributed by atoms with E-state index >= 15 is 0 Å². The molecule has 0 heterocycles. The number of carbonyl (C=O) groups is 10. The summed E-state index contributed by atoms with van der Waals surface area (Å²) in [5, 5.41) is 11.6. The zero-order valence-electron chi connectivity index (χ0n) is 50.5. The lowest BCUT2D eigenvalue weighted by atomic mass is 9.67. The Balaban J connectivity index is 1.91. The number of esters is 5. The number of ether oxygens (including phenoxy) is 12. The summed E-state index contributed by atoms with van der Waals surface area (Å²) in [5.74, 6) is -4.41. The van der Waals surface area contributed by atoms with Crippen molar-refractivity contribution in [1.82, 2.24) is 21.3 Å². The molecule has 4 unspecified atom stereocenters. The fraction of sp³-hybridized carbons (Fsp3) is 0.661. The second-order valence-corrected chi connectivity index (χ2v) is 23.5. The summed E-state index contributed by atoms with van der Waals surface area (Å²) in [7, 11) is 1.31. The predicted octanol–water partition coefficient (Wildman–Crippen LogP) is 7.33. The van der Waals surface area contributed by atoms with E-state index < -0.39 is 147 Å². The number of hydrogen-bond acceptors (Lipinski definition) is 22. The van der Waals surface area contributed by atoms with Crippen molar-refractivity contribution in [3.8, 4) is 0 Å². The van der Waals surface area contributed by atoms with Gasteiger partial charge in [0.15, 0.2) is 0 Å². The fourth-order valence-electron chi connectivity index (χ4n) is 10.4. The lowest BCUT2D eigenvalue weighted by Gasteiger charge is -2.46. The normalized spacial score (nSPS) is 19.4. The number of methoxy groups -OCH3 is 1. The van der Waals surface area contributed by atoms with Gasteiger partial charge >= 0.3 is 60.4 Å². The Morgan fingerprint density at radius 3 is 1.05 bits per heavy atom. The standard InChI is InChI=1S/C59H90N4O22/c1-13-44(64)80-36-58(37-81-45(65)14-2,38-82-46(66)15-3)34-75-35-59(39-83-47(67)16-4,40-84-48(68)17-5)41-85-52(72)63-57(11)31-43(29-55(8,9)33-57)61-50(70)76-24-20-18-22-26-78-53(73)79-27-23-19-21-25-77-51(71)62-56(10)30-42(60-49(69)74-12)28-54(6,7)32-56/h13-17,42-43H,1-5,18-41H2,6-12H3,(H,60,69)(H,61,70)(H,62,71)(H,63,72). The van der Waals surface area contributed by atoms with Gasteiger partial charge < -0.3 is 78.1 Å². The molecule has 26 heteroatoms. The van der Waals surface area contributed by atoms with Crippen LogP contribution in [0.1, 0.15) is 119 Å². The molecule has 0 aromatic heterocycles. The molecule has 0 bridgehead atoms. The van der Waals surface area contributed by atoms with Crippen molar-refractivity contribution in [3.05, 3.63) is 63.3 Å². The summed E-state index contributed by atoms with van der Waals surface area (Å²) < 4.78 is 64.4. The van der Waals surface area contributed by atoms with Gasteiger partial charge in [-0.3, -0.25) is 0 Å². The van der Waals surface area contributed by atoms with E-state index in [2.05, 4.69) is 68.0 Å². The zero-order chi connectivity index (χ0) is 63.7. The van der Waals surface area contributed by atoms with E-state index in [9.17, 15) is 47.9 Å². The van der Waals surface area contributed by atoms with E-state index in [1.807, 2.05) is 20.8 Å². The maximum atomic E-state index is 13.8. The van der Waals surface area contributed by atoms with Gasteiger partial charge in [0, 0.05) is 53.5 Å². The summed E-state index contributed by atoms with van der Waals surface area (Å²) in [6.45, 7) is 24.8. The number of unbranched alkanes of at least 4 members (excludes halogenated alkanes) is 4. The minimum atomic E-state index is -1.66. The highest BCUT2D eigenvalue weighted by Crippen LogP contribution is 2.42. The molecule has 4 atom stereocenters. The average Bonchev–Trinajstić information content (AvgIpc) is 2.29. The molecular formula is C59H90N4O22. The summed E-state index contributed by atoms with van der Waals surface area (Å²) in [6.07, 6.45) is 7.40. The second-order valence-electron chi connectivity index (χ2n) is 23.5. The Kier molecular flexibility index (Phi) is 31.3. The van der Waals surface area contributed by atoms with Crippen molar-refractivity contribution in [2.45, 2.75) is 142 Å². The molecule has 2 fully saturated rings. The van der Waals surface area contributed by atoms with E-state index in [1.165, 1.54) is 7.11 Å². The number of alkyl carbamates (subject to hydrolysis) is 4. The van der Waals surface area contributed by atoms with Crippen molar-refractivity contribution < 1.29 is 105 Å². The van der Waals surface area contributed by atoms with Crippen molar-refractivity contribution >= 4 is 60.4 Å². The highest BCUT2D eigenvalue weighted by molar-refractivity contribution is 5.83. The van der Waals surface area contributed by atoms with Gasteiger partial charge in [-0.2, -0.15) is 0 Å². The van der Waals surface area contributed by atoms with Crippen LogP contribution in [0.4, 0.5) is 24.0 Å². The molecule has 0 radical (unpaired) electrons. The van der Waals surface area contributed by atoms with Crippen LogP contribution in [-0.2, 0) is 80.8 Å². The van der Waals surface area contributed by atoms with Crippen molar-refractivity contribution in [3.63, 3.8) is 0 Å². The highest BCUT2D eigenvalue weighted by Gasteiger charge is 2.46. The first kappa shape index (κ1) is 73.5. The first-order valence-corrected chi connectivity index (χ1v) is 28.0. The number of amides is 4. The maximum Gasteiger partial charge on any atom is 0.508 e. The summed E-state index contributed by atoms with van der Waals surface area (Å²) in [6, 6.07) is -0.621. The second kappa shape index (κ2) is 36.3. The Morgan fingerprint density at radius 2 is 0.706 bits per heavy atom. The van der Waals surface area contributed by atoms with Crippen LogP contribution >= 0.6 is 0 Å². The van der Waals surface area contributed by atoms with Gasteiger partial charge in [-0.15, -0.1) is 0 Å². The molecule has 2 aliphatic carbocycles. The van der Waals surface area contributed by atoms with Crippen LogP contribution in [0.5, 0.6) is 0 Å². The van der Waals surface area contributed by atoms with Gasteiger partial charge in [-0.05, 0) is 102 Å². The summed E-state index contributed by atoms with van der Waals surface area (Å²) in [4.78, 5) is 125. The molecule has 26 nitrogen and oxygen atoms in total. The molecule has 0 aliphatic heterocycles. The first-order valence-electron chi connectivity index (χ1n) is 28.0. The van der Waals surface area contributed by atoms with Gasteiger partial charge in [0.25, 0.3) is 0 Å². The van der Waals surface area contributed by atoms with Crippen molar-refractivity contribution in [2.75, 3.05) is 86.4 Å². The molecule has 0 saturated heterocycles. The Bertz CT molecular complexity index is 2240. The quantitative estimate of drug-likeness (QED) is 0.0205. The fourth-order valence-corrected chi connectivity index (χ4v) is 10.4. The topological polar surface area (TPSA) is 330 Å². The number of rotatable bonds is 37. The largest absolute Gasteiger partial charge is 0.508 e. The minimum absolute atomic E-state index is 0.0804. The third-order valence-corrected chi connectivity index (χ3v) is 13.6. The third kappa shape index (κ3) is 30.1. The summed E-state index contributed by atoms with van der Waals surface area (Å²) >= 11 is 0. The van der Waals surface area contributed by atoms with Gasteiger partial charge in [0.1, 0.15) is 39.6 Å². The molecule has 0 aromatic carbocycles. The van der Waals surface area contributed by atoms with Crippen LogP contribution in [0.3, 0.4) is 0 Å². The molecule has 2 saturated carbocycles. The molecule has 4 amide bonds. The van der Waals surface area contributed by atoms with Gasteiger partial charge in [0.05, 0.1) is 57.6 Å². The first-order chi connectivity index (χ1) is 40.0. The van der Waals surface area contributed by atoms with E-state index in [4.69, 9.17) is 56.8 Å². The van der Waals surface area contributed by atoms with Gasteiger partial charge in [-0.25, -0.2) is 47.9 Å². The Hall–Kier alpha value is -7.64. The average molecular weight is 1210 g/mol. The molecule has 85 heavy (non-hydrogen) atoms. The minimum Gasteiger partial charge on any atom is -0.462 e. The molecule has 478 valence electrons. The lowest BCUT2D eigenvalue weighted by Crippen LogP contribution is -2.58. The summed E-state index contributed by atoms with van der Waals surface area (Å²) in [5.41, 5.74) is -5.36. The zero-order valence-corrected chi connectivity index (χ0v) is 50.5. The van der Waals surface area contributed by atoms with Gasteiger partial charge in [0.2, 0.25) is 0 Å². The molecule has 0 spiro atoms. The van der Waals surface area contributed by atoms with E-state index in [0.29, 0.717) is 64.2 Å². The van der Waals surface area contributed by atoms with Crippen LogP contribution in [0.25, 0.3) is 0 Å². The SMILES string of the molecule is C=CC(=O)OCC(COCC(COC(=O)C=C)(COC(=O)C=C)COC(=O)NC1(C)CC(NC(=O)OCCCCCOC(=O)OCCCCCOC(=O)NC2(C)CC(NC(=O)OC)CC(C)(C)C2)CC(C)(C)C1)(COC(=O)C=C)COC(=O)C=C. The van der Waals surface area contributed by atoms with E-state index in [0.717, 1.165) is 36.8 Å². The van der Waals surface area contributed by atoms with Crippen molar-refractivity contribution in [2.24, 2.45) is 21.7 Å². The molecule has 2 rings (SSSR count). The van der Waals surface area contributed by atoms with Gasteiger partial charge in [-0.1, -0.05) is 60.6 Å². The predicted molar refractivity (Wildman–Crippen MR) is 305 cm³/mol.